The molecule has 56 valence electrons. The van der Waals surface area contributed by atoms with Gasteiger partial charge in [-0.15, -0.1) is 0 Å². The monoisotopic (exact) mass is 170 g/mol. The first kappa shape index (κ1) is 6.54. The predicted octanol–water partition coefficient (Wildman–Crippen LogP) is 1.99. The molecule has 0 atom stereocenters. The van der Waals surface area contributed by atoms with Gasteiger partial charge >= 0.3 is 4.94 Å². The summed E-state index contributed by atoms with van der Waals surface area (Å²) in [5.41, 5.74) is 0.446. The summed E-state index contributed by atoms with van der Waals surface area (Å²) in [4.78, 5) is 10.2. The van der Waals surface area contributed by atoms with Crippen LogP contribution in [0.1, 0.15) is 0 Å². The minimum Gasteiger partial charge on any atom is -0.414 e. The van der Waals surface area contributed by atoms with E-state index in [1.165, 1.54) is 18.2 Å². The zero-order valence-electron chi connectivity index (χ0n) is 5.33. The minimum atomic E-state index is -0.398. The maximum absolute atomic E-state index is 12.5. The van der Waals surface area contributed by atoms with Crippen LogP contribution in [0.25, 0.3) is 10.3 Å². The number of hydrogen-bond donors (Lipinski definition) is 0. The highest BCUT2D eigenvalue weighted by atomic mass is 32.1. The van der Waals surface area contributed by atoms with E-state index in [0.717, 1.165) is 11.3 Å². The molecule has 2 rings (SSSR count). The van der Waals surface area contributed by atoms with Crippen LogP contribution in [0.2, 0.25) is 0 Å². The van der Waals surface area contributed by atoms with Crippen LogP contribution in [0.4, 0.5) is 4.39 Å². The fraction of sp³-hybridized carbons (Fsp3) is 0. The van der Waals surface area contributed by atoms with Crippen LogP contribution in [0.5, 0.6) is 0 Å². The molecule has 0 fully saturated rings. The Kier molecular flexibility index (Phi) is 1.29. The van der Waals surface area contributed by atoms with Crippen molar-refractivity contribution in [2.75, 3.05) is 0 Å². The number of rotatable bonds is 0. The quantitative estimate of drug-likeness (QED) is 0.605. The Labute approximate surface area is 64.9 Å². The first-order chi connectivity index (χ1) is 5.25. The molecule has 0 saturated carbocycles. The van der Waals surface area contributed by atoms with Gasteiger partial charge in [-0.05, 0) is 18.2 Å². The van der Waals surface area contributed by atoms with E-state index in [0.29, 0.717) is 10.3 Å². The third kappa shape index (κ3) is 1.05. The highest BCUT2D eigenvalue weighted by Crippen LogP contribution is 2.17. The van der Waals surface area contributed by atoms with Crippen molar-refractivity contribution in [1.29, 1.82) is 0 Å². The summed E-state index contributed by atoms with van der Waals surface area (Å²) >= 11 is 0.904. The van der Waals surface area contributed by atoms with Crippen LogP contribution in [0.3, 0.4) is 0 Å². The normalized spacial score (nSPS) is 10.6. The second-order valence-electron chi connectivity index (χ2n) is 2.05. The van der Waals surface area contributed by atoms with Crippen LogP contribution in [-0.4, -0.2) is 0 Å². The zero-order chi connectivity index (χ0) is 7.84. The molecule has 0 saturated heterocycles. The minimum absolute atomic E-state index is 0.352. The van der Waals surface area contributed by atoms with Crippen LogP contribution >= 0.6 is 11.3 Å². The van der Waals surface area contributed by atoms with E-state index in [9.17, 15) is 9.18 Å². The van der Waals surface area contributed by atoms with Gasteiger partial charge in [0.1, 0.15) is 11.4 Å². The average molecular weight is 170 g/mol. The molecule has 0 unspecified atom stereocenters. The summed E-state index contributed by atoms with van der Waals surface area (Å²) in [6, 6.07) is 3.99. The summed E-state index contributed by atoms with van der Waals surface area (Å²) in [5, 5.41) is 0. The van der Waals surface area contributed by atoms with E-state index in [2.05, 4.69) is 0 Å². The molecule has 0 aliphatic heterocycles. The Morgan fingerprint density at radius 1 is 1.45 bits per heavy atom. The van der Waals surface area contributed by atoms with Gasteiger partial charge in [0.2, 0.25) is 0 Å². The van der Waals surface area contributed by atoms with Gasteiger partial charge in [-0.25, -0.2) is 9.18 Å². The van der Waals surface area contributed by atoms with Crippen LogP contribution < -0.4 is 4.94 Å². The van der Waals surface area contributed by atoms with E-state index in [4.69, 9.17) is 4.42 Å². The lowest BCUT2D eigenvalue weighted by Gasteiger charge is -1.84. The highest BCUT2D eigenvalue weighted by molar-refractivity contribution is 7.16. The Balaban J connectivity index is 2.92. The molecule has 1 heterocycles. The topological polar surface area (TPSA) is 30.2 Å². The van der Waals surface area contributed by atoms with Crippen molar-refractivity contribution < 1.29 is 8.81 Å². The summed E-state index contributed by atoms with van der Waals surface area (Å²) < 4.78 is 17.8. The Bertz CT molecular complexity index is 443. The first-order valence-electron chi connectivity index (χ1n) is 2.95. The average Bonchev–Trinajstić information content (AvgIpc) is 2.27. The van der Waals surface area contributed by atoms with Crippen LogP contribution in [0, 0.1) is 5.82 Å². The molecule has 0 spiro atoms. The molecule has 2 nitrogen and oxygen atoms in total. The third-order valence-corrected chi connectivity index (χ3v) is 2.08. The van der Waals surface area contributed by atoms with Crippen molar-refractivity contribution >= 4 is 21.6 Å². The van der Waals surface area contributed by atoms with Crippen molar-refractivity contribution in [2.45, 2.75) is 0 Å². The largest absolute Gasteiger partial charge is 0.414 e. The van der Waals surface area contributed by atoms with Crippen molar-refractivity contribution in [3.05, 3.63) is 33.8 Å². The first-order valence-corrected chi connectivity index (χ1v) is 3.76. The highest BCUT2D eigenvalue weighted by Gasteiger charge is 2.01. The fourth-order valence-electron chi connectivity index (χ4n) is 0.846. The molecule has 0 aliphatic carbocycles. The molecule has 0 aliphatic rings. The summed E-state index contributed by atoms with van der Waals surface area (Å²) in [5.74, 6) is -0.352. The number of fused-ring (bicyclic) bond motifs is 1. The third-order valence-electron chi connectivity index (χ3n) is 1.29. The zero-order valence-corrected chi connectivity index (χ0v) is 6.15. The Morgan fingerprint density at radius 2 is 2.27 bits per heavy atom. The molecule has 0 N–H and O–H groups in total. The summed E-state index contributed by atoms with van der Waals surface area (Å²) in [6.45, 7) is 0. The van der Waals surface area contributed by atoms with E-state index >= 15 is 0 Å². The molecule has 0 amide bonds. The van der Waals surface area contributed by atoms with E-state index < -0.39 is 4.94 Å². The maximum Gasteiger partial charge on any atom is 0.396 e. The SMILES string of the molecule is O=c1oc2ccc(F)cc2s1. The van der Waals surface area contributed by atoms with Crippen molar-refractivity contribution in [3.8, 4) is 0 Å². The molecular weight excluding hydrogens is 167 g/mol. The lowest BCUT2D eigenvalue weighted by atomic mass is 10.3. The molecular formula is C7H3FO2S. The molecule has 2 aromatic rings. The van der Waals surface area contributed by atoms with Gasteiger partial charge in [-0.2, -0.15) is 0 Å². The van der Waals surface area contributed by atoms with Crippen molar-refractivity contribution in [3.63, 3.8) is 0 Å². The second kappa shape index (κ2) is 2.17. The predicted molar refractivity (Wildman–Crippen MR) is 40.3 cm³/mol. The van der Waals surface area contributed by atoms with Gasteiger partial charge < -0.3 is 4.42 Å². The van der Waals surface area contributed by atoms with Gasteiger partial charge in [0.05, 0.1) is 4.70 Å². The summed E-state index contributed by atoms with van der Waals surface area (Å²) in [7, 11) is 0. The summed E-state index contributed by atoms with van der Waals surface area (Å²) in [6.07, 6.45) is 0. The van der Waals surface area contributed by atoms with Gasteiger partial charge in [0.15, 0.2) is 0 Å². The smallest absolute Gasteiger partial charge is 0.396 e. The Hall–Kier alpha value is -1.16. The molecule has 0 bridgehead atoms. The van der Waals surface area contributed by atoms with Crippen molar-refractivity contribution in [1.82, 2.24) is 0 Å². The molecule has 0 radical (unpaired) electrons. The molecule has 11 heavy (non-hydrogen) atoms. The van der Waals surface area contributed by atoms with Gasteiger partial charge in [-0.3, -0.25) is 0 Å². The van der Waals surface area contributed by atoms with Gasteiger partial charge in [-0.1, -0.05) is 11.3 Å². The maximum atomic E-state index is 12.5. The number of benzene rings is 1. The van der Waals surface area contributed by atoms with E-state index in [1.54, 1.807) is 0 Å². The molecule has 4 heteroatoms. The fourth-order valence-corrected chi connectivity index (χ4v) is 1.54. The van der Waals surface area contributed by atoms with Crippen molar-refractivity contribution in [2.24, 2.45) is 0 Å². The number of halogens is 1. The number of hydrogen-bond acceptors (Lipinski definition) is 3. The lowest BCUT2D eigenvalue weighted by Crippen LogP contribution is -1.79. The molecule has 1 aromatic carbocycles. The van der Waals surface area contributed by atoms with E-state index in [1.807, 2.05) is 0 Å². The lowest BCUT2D eigenvalue weighted by molar-refractivity contribution is 0.582. The second-order valence-corrected chi connectivity index (χ2v) is 3.02. The van der Waals surface area contributed by atoms with Gasteiger partial charge in [0, 0.05) is 0 Å². The van der Waals surface area contributed by atoms with Crippen LogP contribution in [0.15, 0.2) is 27.4 Å². The Morgan fingerprint density at radius 3 is 3.09 bits per heavy atom. The standard InChI is InChI=1S/C7H3FO2S/c8-4-1-2-5-6(3-4)11-7(9)10-5/h1-3H. The molecule has 1 aromatic heterocycles. The van der Waals surface area contributed by atoms with Crippen LogP contribution in [-0.2, 0) is 0 Å². The van der Waals surface area contributed by atoms with E-state index in [-0.39, 0.29) is 5.82 Å². The van der Waals surface area contributed by atoms with Gasteiger partial charge in [0.25, 0.3) is 0 Å².